The Hall–Kier alpha value is -1.93. The highest BCUT2D eigenvalue weighted by Gasteiger charge is 2.12. The summed E-state index contributed by atoms with van der Waals surface area (Å²) in [6.07, 6.45) is -1.48. The average Bonchev–Trinajstić information content (AvgIpc) is 2.30. The molecule has 0 fully saturated rings. The molecule has 0 unspecified atom stereocenters. The van der Waals surface area contributed by atoms with Crippen molar-refractivity contribution >= 4 is 46.4 Å². The van der Waals surface area contributed by atoms with E-state index in [-0.39, 0.29) is 21.5 Å². The van der Waals surface area contributed by atoms with Crippen LogP contribution in [0.2, 0.25) is 5.02 Å². The van der Waals surface area contributed by atoms with Crippen molar-refractivity contribution in [1.82, 2.24) is 4.90 Å². The van der Waals surface area contributed by atoms with Crippen molar-refractivity contribution in [2.24, 2.45) is 0 Å². The number of carbonyl (C=O) groups excluding carboxylic acids is 1. The summed E-state index contributed by atoms with van der Waals surface area (Å²) in [5.41, 5.74) is 0.0880. The van der Waals surface area contributed by atoms with Crippen LogP contribution in [0.15, 0.2) is 18.2 Å². The molecule has 0 heterocycles. The number of benzene rings is 1. The lowest BCUT2D eigenvalue weighted by Crippen LogP contribution is -2.44. The van der Waals surface area contributed by atoms with Crippen LogP contribution in [0.3, 0.4) is 0 Å². The van der Waals surface area contributed by atoms with Gasteiger partial charge in [-0.2, -0.15) is 0 Å². The van der Waals surface area contributed by atoms with Crippen LogP contribution in [0, 0.1) is 10.1 Å². The third-order valence-electron chi connectivity index (χ3n) is 1.98. The number of nitrogens with one attached hydrogen (secondary N) is 1. The molecule has 0 aromatic heterocycles. The van der Waals surface area contributed by atoms with E-state index in [1.807, 2.05) is 0 Å². The van der Waals surface area contributed by atoms with Crippen LogP contribution in [-0.4, -0.2) is 28.1 Å². The van der Waals surface area contributed by atoms with Crippen LogP contribution < -0.4 is 10.4 Å². The molecule has 0 atom stereocenters. The first-order chi connectivity index (χ1) is 8.32. The predicted octanol–water partition coefficient (Wildman–Crippen LogP) is 1.22. The number of amides is 1. The van der Waals surface area contributed by atoms with Gasteiger partial charge >= 0.3 is 0 Å². The van der Waals surface area contributed by atoms with Gasteiger partial charge in [0.1, 0.15) is 6.09 Å². The van der Waals surface area contributed by atoms with Gasteiger partial charge in [-0.15, -0.1) is 0 Å². The number of thiocarbonyl (C=S) groups is 1. The first-order valence-corrected chi connectivity index (χ1v) is 5.31. The van der Waals surface area contributed by atoms with Gasteiger partial charge in [0.2, 0.25) is 0 Å². The predicted molar refractivity (Wildman–Crippen MR) is 67.5 cm³/mol. The number of nitro benzene ring substituents is 1. The number of nitro groups is 1. The number of hydrogen-bond acceptors (Lipinski definition) is 5. The number of halogens is 1. The van der Waals surface area contributed by atoms with Crippen LogP contribution >= 0.6 is 23.8 Å². The number of non-ortho nitro benzene ring substituents is 1. The van der Waals surface area contributed by atoms with Crippen molar-refractivity contribution in [3.05, 3.63) is 33.3 Å². The fourth-order valence-corrected chi connectivity index (χ4v) is 1.41. The summed E-state index contributed by atoms with van der Waals surface area (Å²) in [5, 5.41) is 23.5. The second kappa shape index (κ2) is 5.61. The molecule has 1 amide bonds. The Kier molecular flexibility index (Phi) is 4.40. The monoisotopic (exact) mass is 288 g/mol. The Morgan fingerprint density at radius 2 is 2.17 bits per heavy atom. The van der Waals surface area contributed by atoms with Crippen molar-refractivity contribution in [3.63, 3.8) is 0 Å². The molecular weight excluding hydrogens is 282 g/mol. The molecule has 1 N–H and O–H groups in total. The van der Waals surface area contributed by atoms with E-state index in [2.05, 4.69) is 5.32 Å². The number of nitrogens with zero attached hydrogens (tertiary/aromatic N) is 2. The Morgan fingerprint density at radius 1 is 1.56 bits per heavy atom. The van der Waals surface area contributed by atoms with Gasteiger partial charge in [0.05, 0.1) is 15.6 Å². The topological polar surface area (TPSA) is 98.5 Å². The molecule has 0 radical (unpaired) electrons. The second-order valence-electron chi connectivity index (χ2n) is 3.18. The highest BCUT2D eigenvalue weighted by atomic mass is 35.5. The largest absolute Gasteiger partial charge is 0.530 e. The fraction of sp³-hybridized carbons (Fsp3) is 0.111. The van der Waals surface area contributed by atoms with Crippen LogP contribution in [0.25, 0.3) is 0 Å². The molecule has 0 aliphatic heterocycles. The highest BCUT2D eigenvalue weighted by Crippen LogP contribution is 2.26. The Morgan fingerprint density at radius 3 is 2.61 bits per heavy atom. The summed E-state index contributed by atoms with van der Waals surface area (Å²) in [7, 11) is 1.20. The van der Waals surface area contributed by atoms with Crippen LogP contribution in [0.4, 0.5) is 16.2 Å². The summed E-state index contributed by atoms with van der Waals surface area (Å²) >= 11 is 10.6. The molecule has 1 aromatic rings. The summed E-state index contributed by atoms with van der Waals surface area (Å²) in [5.74, 6) is 0. The van der Waals surface area contributed by atoms with E-state index in [9.17, 15) is 20.0 Å². The molecule has 0 aliphatic carbocycles. The van der Waals surface area contributed by atoms with Crippen molar-refractivity contribution in [2.75, 3.05) is 12.4 Å². The Bertz CT molecular complexity index is 523. The molecule has 0 bridgehead atoms. The van der Waals surface area contributed by atoms with Crippen molar-refractivity contribution in [3.8, 4) is 0 Å². The van der Waals surface area contributed by atoms with Gasteiger partial charge in [0.25, 0.3) is 5.69 Å². The van der Waals surface area contributed by atoms with E-state index in [1.54, 1.807) is 0 Å². The zero-order valence-corrected chi connectivity index (χ0v) is 10.6. The molecule has 9 heteroatoms. The zero-order chi connectivity index (χ0) is 13.9. The van der Waals surface area contributed by atoms with Gasteiger partial charge in [-0.05, 0) is 18.3 Å². The maximum absolute atomic E-state index is 10.5. The number of rotatable bonds is 2. The van der Waals surface area contributed by atoms with Gasteiger partial charge in [-0.1, -0.05) is 11.6 Å². The molecular formula is C9H7ClN3O4S-. The first-order valence-electron chi connectivity index (χ1n) is 4.52. The minimum absolute atomic E-state index is 0.0540. The van der Waals surface area contributed by atoms with E-state index in [0.29, 0.717) is 4.90 Å². The molecule has 0 spiro atoms. The molecule has 0 aliphatic rings. The second-order valence-corrected chi connectivity index (χ2v) is 3.97. The standard InChI is InChI=1S/C9H8ClN3O4S/c1-12(9(14)15)8(18)11-7-3-2-5(13(16)17)4-6(7)10/h2-4H,1H3,(H,11,18)(H,14,15)/p-1. The molecule has 96 valence electrons. The summed E-state index contributed by atoms with van der Waals surface area (Å²) in [6, 6.07) is 3.68. The number of carbonyl (C=O) groups is 1. The zero-order valence-electron chi connectivity index (χ0n) is 9.05. The lowest BCUT2D eigenvalue weighted by Gasteiger charge is -2.21. The van der Waals surface area contributed by atoms with Crippen molar-refractivity contribution in [2.45, 2.75) is 0 Å². The number of anilines is 1. The Labute approximate surface area is 112 Å². The molecule has 7 nitrogen and oxygen atoms in total. The molecule has 1 rings (SSSR count). The van der Waals surface area contributed by atoms with Crippen LogP contribution in [0.1, 0.15) is 0 Å². The van der Waals surface area contributed by atoms with Gasteiger partial charge in [0.15, 0.2) is 5.11 Å². The van der Waals surface area contributed by atoms with Gasteiger partial charge in [-0.3, -0.25) is 10.1 Å². The van der Waals surface area contributed by atoms with E-state index >= 15 is 0 Å². The van der Waals surface area contributed by atoms with Crippen LogP contribution in [0.5, 0.6) is 0 Å². The summed E-state index contributed by atoms with van der Waals surface area (Å²) in [6.45, 7) is 0. The van der Waals surface area contributed by atoms with E-state index in [1.165, 1.54) is 19.2 Å². The maximum atomic E-state index is 10.5. The van der Waals surface area contributed by atoms with E-state index in [4.69, 9.17) is 23.8 Å². The van der Waals surface area contributed by atoms with Gasteiger partial charge in [0, 0.05) is 19.2 Å². The van der Waals surface area contributed by atoms with E-state index in [0.717, 1.165) is 6.07 Å². The highest BCUT2D eigenvalue weighted by molar-refractivity contribution is 7.80. The third kappa shape index (κ3) is 3.28. The molecule has 0 saturated heterocycles. The fourth-order valence-electron chi connectivity index (χ4n) is 1.00. The number of carboxylic acid groups (broad SMARTS) is 1. The smallest absolute Gasteiger partial charge is 0.271 e. The maximum Gasteiger partial charge on any atom is 0.271 e. The van der Waals surface area contributed by atoms with E-state index < -0.39 is 11.0 Å². The van der Waals surface area contributed by atoms with Crippen molar-refractivity contribution in [1.29, 1.82) is 0 Å². The third-order valence-corrected chi connectivity index (χ3v) is 2.67. The Balaban J connectivity index is 2.89. The quantitative estimate of drug-likeness (QED) is 0.499. The first kappa shape index (κ1) is 14.1. The minimum Gasteiger partial charge on any atom is -0.530 e. The SMILES string of the molecule is CN(C(=O)[O-])C(=S)Nc1ccc([N+](=O)[O-])cc1Cl. The molecule has 0 saturated carbocycles. The number of hydrogen-bond donors (Lipinski definition) is 1. The van der Waals surface area contributed by atoms with Gasteiger partial charge in [-0.25, -0.2) is 0 Å². The lowest BCUT2D eigenvalue weighted by molar-refractivity contribution is -0.384. The summed E-state index contributed by atoms with van der Waals surface area (Å²) < 4.78 is 0. The lowest BCUT2D eigenvalue weighted by atomic mass is 10.3. The minimum atomic E-state index is -1.48. The van der Waals surface area contributed by atoms with Crippen molar-refractivity contribution < 1.29 is 14.8 Å². The normalized spacial score (nSPS) is 9.67. The summed E-state index contributed by atoms with van der Waals surface area (Å²) in [4.78, 5) is 21.1. The van der Waals surface area contributed by atoms with Crippen LogP contribution in [-0.2, 0) is 0 Å². The molecule has 1 aromatic carbocycles. The molecule has 18 heavy (non-hydrogen) atoms. The average molecular weight is 289 g/mol. The van der Waals surface area contributed by atoms with Gasteiger partial charge < -0.3 is 20.1 Å².